The molecule has 5 heteroatoms. The number of hydrogen-bond donors (Lipinski definition) is 2. The van der Waals surface area contributed by atoms with Crippen molar-refractivity contribution < 1.29 is 19.0 Å². The number of rotatable bonds is 7. The number of halogens is 1. The number of ether oxygens (including phenoxy) is 1. The van der Waals surface area contributed by atoms with E-state index in [-0.39, 0.29) is 19.8 Å². The fourth-order valence-electron chi connectivity index (χ4n) is 2.10. The number of esters is 1. The van der Waals surface area contributed by atoms with Crippen LogP contribution >= 0.6 is 0 Å². The van der Waals surface area contributed by atoms with Gasteiger partial charge in [0.2, 0.25) is 0 Å². The van der Waals surface area contributed by atoms with Crippen molar-refractivity contribution in [1.82, 2.24) is 0 Å². The van der Waals surface area contributed by atoms with E-state index in [4.69, 9.17) is 15.6 Å². The number of nitrogens with two attached hydrogens (primary N) is 1. The van der Waals surface area contributed by atoms with Crippen LogP contribution in [0.4, 0.5) is 4.39 Å². The molecular weight excluding hydrogens is 249 g/mol. The second-order valence-corrected chi connectivity index (χ2v) is 4.34. The quantitative estimate of drug-likeness (QED) is 0.733. The van der Waals surface area contributed by atoms with Crippen LogP contribution in [0, 0.1) is 5.82 Å². The Morgan fingerprint density at radius 3 is 2.79 bits per heavy atom. The molecule has 0 aromatic heterocycles. The zero-order valence-corrected chi connectivity index (χ0v) is 11.1. The van der Waals surface area contributed by atoms with Gasteiger partial charge in [-0.1, -0.05) is 12.1 Å². The highest BCUT2D eigenvalue weighted by molar-refractivity contribution is 5.83. The van der Waals surface area contributed by atoms with Crippen molar-refractivity contribution >= 4 is 5.97 Å². The largest absolute Gasteiger partial charge is 0.465 e. The number of carbonyl (C=O) groups is 1. The molecule has 1 rings (SSSR count). The van der Waals surface area contributed by atoms with Gasteiger partial charge in [0.05, 0.1) is 6.61 Å². The molecule has 0 amide bonds. The predicted octanol–water partition coefficient (Wildman–Crippen LogP) is 1.36. The van der Waals surface area contributed by atoms with Crippen LogP contribution in [-0.2, 0) is 14.9 Å². The first kappa shape index (κ1) is 15.6. The highest BCUT2D eigenvalue weighted by Crippen LogP contribution is 2.30. The number of aliphatic hydroxyl groups is 1. The molecule has 0 spiro atoms. The average Bonchev–Trinajstić information content (AvgIpc) is 2.40. The van der Waals surface area contributed by atoms with Gasteiger partial charge in [-0.25, -0.2) is 4.39 Å². The number of benzene rings is 1. The Hall–Kier alpha value is -1.46. The molecule has 0 bridgehead atoms. The summed E-state index contributed by atoms with van der Waals surface area (Å²) in [5, 5.41) is 8.97. The number of carbonyl (C=O) groups excluding carboxylic acids is 1. The summed E-state index contributed by atoms with van der Waals surface area (Å²) in [6.45, 7) is 1.89. The summed E-state index contributed by atoms with van der Waals surface area (Å²) in [5.74, 6) is -0.903. The van der Waals surface area contributed by atoms with Gasteiger partial charge in [0.1, 0.15) is 11.2 Å². The zero-order valence-electron chi connectivity index (χ0n) is 11.1. The summed E-state index contributed by atoms with van der Waals surface area (Å²) in [4.78, 5) is 12.2. The Morgan fingerprint density at radius 2 is 2.26 bits per heavy atom. The summed E-state index contributed by atoms with van der Waals surface area (Å²) in [6, 6.07) is 5.79. The Morgan fingerprint density at radius 1 is 1.53 bits per heavy atom. The standard InChI is InChI=1S/C14H20FNO3/c1-2-19-13(18)14(10-16,7-4-8-17)11-5-3-6-12(15)9-11/h3,5-6,9,17H,2,4,7-8,10,16H2,1H3. The van der Waals surface area contributed by atoms with E-state index in [1.165, 1.54) is 18.2 Å². The second-order valence-electron chi connectivity index (χ2n) is 4.34. The Bertz CT molecular complexity index is 425. The summed E-state index contributed by atoms with van der Waals surface area (Å²) in [6.07, 6.45) is 0.717. The molecule has 19 heavy (non-hydrogen) atoms. The van der Waals surface area contributed by atoms with E-state index in [1.54, 1.807) is 13.0 Å². The van der Waals surface area contributed by atoms with E-state index in [9.17, 15) is 9.18 Å². The van der Waals surface area contributed by atoms with Crippen molar-refractivity contribution in [3.05, 3.63) is 35.6 Å². The van der Waals surface area contributed by atoms with E-state index in [0.29, 0.717) is 18.4 Å². The first-order valence-corrected chi connectivity index (χ1v) is 6.35. The second kappa shape index (κ2) is 7.21. The van der Waals surface area contributed by atoms with Gasteiger partial charge in [-0.15, -0.1) is 0 Å². The van der Waals surface area contributed by atoms with Gasteiger partial charge in [-0.2, -0.15) is 0 Å². The molecule has 1 unspecified atom stereocenters. The average molecular weight is 269 g/mol. The van der Waals surface area contributed by atoms with Crippen molar-refractivity contribution in [1.29, 1.82) is 0 Å². The van der Waals surface area contributed by atoms with Crippen molar-refractivity contribution in [2.45, 2.75) is 25.2 Å². The molecule has 3 N–H and O–H groups in total. The molecule has 0 fully saturated rings. The van der Waals surface area contributed by atoms with Gasteiger partial charge >= 0.3 is 5.97 Å². The number of hydrogen-bond acceptors (Lipinski definition) is 4. The van der Waals surface area contributed by atoms with Crippen LogP contribution in [0.1, 0.15) is 25.3 Å². The highest BCUT2D eigenvalue weighted by atomic mass is 19.1. The lowest BCUT2D eigenvalue weighted by Crippen LogP contribution is -2.44. The molecular formula is C14H20FNO3. The third-order valence-electron chi connectivity index (χ3n) is 3.15. The first-order chi connectivity index (χ1) is 9.10. The third-order valence-corrected chi connectivity index (χ3v) is 3.15. The van der Waals surface area contributed by atoms with E-state index in [1.807, 2.05) is 0 Å². The van der Waals surface area contributed by atoms with Gasteiger partial charge in [-0.05, 0) is 37.5 Å². The summed E-state index contributed by atoms with van der Waals surface area (Å²) < 4.78 is 18.4. The van der Waals surface area contributed by atoms with Crippen molar-refractivity contribution in [3.8, 4) is 0 Å². The van der Waals surface area contributed by atoms with E-state index in [0.717, 1.165) is 0 Å². The van der Waals surface area contributed by atoms with Crippen molar-refractivity contribution in [2.75, 3.05) is 19.8 Å². The summed E-state index contributed by atoms with van der Waals surface area (Å²) >= 11 is 0. The van der Waals surface area contributed by atoms with Gasteiger partial charge < -0.3 is 15.6 Å². The van der Waals surface area contributed by atoms with Gasteiger partial charge in [0.15, 0.2) is 0 Å². The normalized spacial score (nSPS) is 13.9. The first-order valence-electron chi connectivity index (χ1n) is 6.35. The molecule has 106 valence electrons. The maximum atomic E-state index is 13.4. The molecule has 1 aromatic carbocycles. The van der Waals surface area contributed by atoms with Crippen molar-refractivity contribution in [3.63, 3.8) is 0 Å². The predicted molar refractivity (Wildman–Crippen MR) is 70.1 cm³/mol. The molecule has 0 radical (unpaired) electrons. The Labute approximate surface area is 112 Å². The lowest BCUT2D eigenvalue weighted by atomic mass is 9.76. The molecule has 1 atom stereocenters. The maximum Gasteiger partial charge on any atom is 0.317 e. The fraction of sp³-hybridized carbons (Fsp3) is 0.500. The lowest BCUT2D eigenvalue weighted by molar-refractivity contribution is -0.150. The lowest BCUT2D eigenvalue weighted by Gasteiger charge is -2.30. The van der Waals surface area contributed by atoms with Crippen LogP contribution in [-0.4, -0.2) is 30.8 Å². The molecule has 0 aliphatic carbocycles. The van der Waals surface area contributed by atoms with E-state index in [2.05, 4.69) is 0 Å². The van der Waals surface area contributed by atoms with Crippen LogP contribution in [0.2, 0.25) is 0 Å². The van der Waals surface area contributed by atoms with Crippen LogP contribution in [0.15, 0.2) is 24.3 Å². The van der Waals surface area contributed by atoms with Crippen LogP contribution in [0.3, 0.4) is 0 Å². The minimum absolute atomic E-state index is 0.00921. The molecule has 0 saturated carbocycles. The zero-order chi connectivity index (χ0) is 14.3. The minimum Gasteiger partial charge on any atom is -0.465 e. The third kappa shape index (κ3) is 3.52. The highest BCUT2D eigenvalue weighted by Gasteiger charge is 2.40. The fourth-order valence-corrected chi connectivity index (χ4v) is 2.10. The van der Waals surface area contributed by atoms with E-state index < -0.39 is 17.2 Å². The molecule has 4 nitrogen and oxygen atoms in total. The molecule has 0 aliphatic heterocycles. The van der Waals surface area contributed by atoms with Gasteiger partial charge in [0, 0.05) is 13.2 Å². The Balaban J connectivity index is 3.18. The number of aliphatic hydroxyl groups excluding tert-OH is 1. The summed E-state index contributed by atoms with van der Waals surface area (Å²) in [7, 11) is 0. The minimum atomic E-state index is -1.10. The molecule has 1 aromatic rings. The van der Waals surface area contributed by atoms with E-state index >= 15 is 0 Å². The molecule has 0 saturated heterocycles. The Kier molecular flexibility index (Phi) is 5.92. The van der Waals surface area contributed by atoms with Crippen LogP contribution in [0.5, 0.6) is 0 Å². The van der Waals surface area contributed by atoms with Crippen LogP contribution < -0.4 is 5.73 Å². The smallest absolute Gasteiger partial charge is 0.317 e. The molecule has 0 heterocycles. The summed E-state index contributed by atoms with van der Waals surface area (Å²) in [5.41, 5.74) is 5.15. The van der Waals surface area contributed by atoms with Crippen LogP contribution in [0.25, 0.3) is 0 Å². The SMILES string of the molecule is CCOC(=O)C(CN)(CCCO)c1cccc(F)c1. The van der Waals surface area contributed by atoms with Gasteiger partial charge in [0.25, 0.3) is 0 Å². The van der Waals surface area contributed by atoms with Gasteiger partial charge in [-0.3, -0.25) is 4.79 Å². The monoisotopic (exact) mass is 269 g/mol. The molecule has 0 aliphatic rings. The topological polar surface area (TPSA) is 72.5 Å². The van der Waals surface area contributed by atoms with Crippen molar-refractivity contribution in [2.24, 2.45) is 5.73 Å². The maximum absolute atomic E-state index is 13.4.